The fourth-order valence-electron chi connectivity index (χ4n) is 1.42. The van der Waals surface area contributed by atoms with E-state index in [-0.39, 0.29) is 11.9 Å². The van der Waals surface area contributed by atoms with Crippen molar-refractivity contribution >= 4 is 5.91 Å². The number of aromatic nitrogens is 2. The molecule has 5 heteroatoms. The van der Waals surface area contributed by atoms with Crippen molar-refractivity contribution in [2.24, 2.45) is 11.7 Å². The van der Waals surface area contributed by atoms with Crippen LogP contribution in [0.4, 0.5) is 0 Å². The molecule has 1 unspecified atom stereocenters. The molecule has 3 N–H and O–H groups in total. The lowest BCUT2D eigenvalue weighted by molar-refractivity contribution is -0.121. The zero-order valence-corrected chi connectivity index (χ0v) is 10.8. The van der Waals surface area contributed by atoms with Gasteiger partial charge in [0.25, 0.3) is 0 Å². The van der Waals surface area contributed by atoms with Crippen molar-refractivity contribution in [3.63, 3.8) is 0 Å². The van der Waals surface area contributed by atoms with Gasteiger partial charge in [0.15, 0.2) is 0 Å². The molecule has 1 atom stereocenters. The first-order chi connectivity index (χ1) is 7.99. The number of carbonyl (C=O) groups is 1. The molecule has 0 aliphatic carbocycles. The van der Waals surface area contributed by atoms with E-state index in [2.05, 4.69) is 10.4 Å². The quantitative estimate of drug-likeness (QED) is 0.765. The van der Waals surface area contributed by atoms with Crippen LogP contribution in [0, 0.1) is 12.8 Å². The van der Waals surface area contributed by atoms with E-state index in [4.69, 9.17) is 5.73 Å². The minimum absolute atomic E-state index is 0.00933. The summed E-state index contributed by atoms with van der Waals surface area (Å²) >= 11 is 0. The Morgan fingerprint density at radius 1 is 1.59 bits per heavy atom. The second-order valence-corrected chi connectivity index (χ2v) is 4.74. The molecule has 0 fully saturated rings. The van der Waals surface area contributed by atoms with Crippen LogP contribution in [0.3, 0.4) is 0 Å². The molecule has 17 heavy (non-hydrogen) atoms. The van der Waals surface area contributed by atoms with Gasteiger partial charge in [-0.3, -0.25) is 9.48 Å². The van der Waals surface area contributed by atoms with E-state index < -0.39 is 0 Å². The molecule has 0 aliphatic heterocycles. The zero-order valence-electron chi connectivity index (χ0n) is 10.8. The molecule has 0 spiro atoms. The maximum Gasteiger partial charge on any atom is 0.221 e. The van der Waals surface area contributed by atoms with Gasteiger partial charge in [-0.25, -0.2) is 0 Å². The summed E-state index contributed by atoms with van der Waals surface area (Å²) in [5.74, 6) is 0.338. The summed E-state index contributed by atoms with van der Waals surface area (Å²) in [6, 6.07) is -0.0676. The van der Waals surface area contributed by atoms with Gasteiger partial charge in [-0.2, -0.15) is 5.10 Å². The van der Waals surface area contributed by atoms with Crippen LogP contribution < -0.4 is 11.1 Å². The molecule has 1 rings (SSSR count). The highest BCUT2D eigenvalue weighted by Crippen LogP contribution is 2.02. The number of nitrogens with zero attached hydrogens (tertiary/aromatic N) is 2. The molecule has 1 aromatic rings. The van der Waals surface area contributed by atoms with Crippen molar-refractivity contribution in [3.8, 4) is 0 Å². The number of rotatable bonds is 6. The van der Waals surface area contributed by atoms with Crippen LogP contribution in [0.5, 0.6) is 0 Å². The first-order valence-electron chi connectivity index (χ1n) is 6.00. The average molecular weight is 238 g/mol. The summed E-state index contributed by atoms with van der Waals surface area (Å²) in [4.78, 5) is 11.5. The highest BCUT2D eigenvalue weighted by Gasteiger charge is 2.12. The van der Waals surface area contributed by atoms with Crippen molar-refractivity contribution in [3.05, 3.63) is 18.0 Å². The van der Waals surface area contributed by atoms with Crippen molar-refractivity contribution in [1.82, 2.24) is 15.1 Å². The van der Waals surface area contributed by atoms with Gasteiger partial charge in [0, 0.05) is 25.2 Å². The third-order valence-corrected chi connectivity index (χ3v) is 2.70. The van der Waals surface area contributed by atoms with E-state index in [9.17, 15) is 4.79 Å². The minimum Gasteiger partial charge on any atom is -0.354 e. The van der Waals surface area contributed by atoms with Gasteiger partial charge in [0.05, 0.1) is 12.7 Å². The van der Waals surface area contributed by atoms with Crippen LogP contribution in [0.2, 0.25) is 0 Å². The molecule has 1 heterocycles. The molecule has 0 aromatic carbocycles. The van der Waals surface area contributed by atoms with E-state index in [1.807, 2.05) is 31.6 Å². The maximum atomic E-state index is 11.5. The van der Waals surface area contributed by atoms with Crippen LogP contribution in [-0.2, 0) is 11.3 Å². The Kier molecular flexibility index (Phi) is 5.15. The molecular weight excluding hydrogens is 216 g/mol. The summed E-state index contributed by atoms with van der Waals surface area (Å²) in [6.45, 7) is 7.31. The first-order valence-corrected chi connectivity index (χ1v) is 6.00. The normalized spacial score (nSPS) is 12.8. The predicted molar refractivity (Wildman–Crippen MR) is 67.4 cm³/mol. The maximum absolute atomic E-state index is 11.5. The molecule has 0 aliphatic rings. The van der Waals surface area contributed by atoms with E-state index in [1.165, 1.54) is 0 Å². The van der Waals surface area contributed by atoms with Gasteiger partial charge in [-0.15, -0.1) is 0 Å². The van der Waals surface area contributed by atoms with Crippen LogP contribution in [0.25, 0.3) is 0 Å². The van der Waals surface area contributed by atoms with Crippen molar-refractivity contribution in [2.45, 2.75) is 39.8 Å². The zero-order chi connectivity index (χ0) is 12.8. The molecule has 0 radical (unpaired) electrons. The van der Waals surface area contributed by atoms with Crippen molar-refractivity contribution < 1.29 is 4.79 Å². The fourth-order valence-corrected chi connectivity index (χ4v) is 1.42. The van der Waals surface area contributed by atoms with Gasteiger partial charge in [-0.1, -0.05) is 13.8 Å². The van der Waals surface area contributed by atoms with Gasteiger partial charge >= 0.3 is 0 Å². The fraction of sp³-hybridized carbons (Fsp3) is 0.667. The third kappa shape index (κ3) is 4.99. The van der Waals surface area contributed by atoms with Crippen molar-refractivity contribution in [2.75, 3.05) is 6.54 Å². The molecular formula is C12H22N4O. The molecule has 0 bridgehead atoms. The van der Waals surface area contributed by atoms with Gasteiger partial charge < -0.3 is 11.1 Å². The number of amides is 1. The minimum atomic E-state index is -0.0676. The van der Waals surface area contributed by atoms with E-state index >= 15 is 0 Å². The lowest BCUT2D eigenvalue weighted by atomic mass is 10.0. The summed E-state index contributed by atoms with van der Waals surface area (Å²) in [5, 5.41) is 6.99. The van der Waals surface area contributed by atoms with Gasteiger partial charge in [-0.05, 0) is 18.4 Å². The average Bonchev–Trinajstić information content (AvgIpc) is 2.64. The number of nitrogens with one attached hydrogen (secondary N) is 1. The van der Waals surface area contributed by atoms with Gasteiger partial charge in [0.1, 0.15) is 0 Å². The standard InChI is InChI=1S/C12H22N4O/c1-9(2)11(13)6-12(17)14-4-5-16-8-10(3)7-15-16/h7-9,11H,4-6,13H2,1-3H3,(H,14,17). The van der Waals surface area contributed by atoms with Crippen LogP contribution in [0.15, 0.2) is 12.4 Å². The smallest absolute Gasteiger partial charge is 0.221 e. The van der Waals surface area contributed by atoms with E-state index in [0.29, 0.717) is 25.4 Å². The molecule has 1 amide bonds. The second-order valence-electron chi connectivity index (χ2n) is 4.74. The third-order valence-electron chi connectivity index (χ3n) is 2.70. The highest BCUT2D eigenvalue weighted by atomic mass is 16.1. The summed E-state index contributed by atoms with van der Waals surface area (Å²) < 4.78 is 1.82. The monoisotopic (exact) mass is 238 g/mol. The van der Waals surface area contributed by atoms with Crippen LogP contribution in [-0.4, -0.2) is 28.3 Å². The topological polar surface area (TPSA) is 72.9 Å². The Bertz CT molecular complexity index is 359. The van der Waals surface area contributed by atoms with Gasteiger partial charge in [0.2, 0.25) is 5.91 Å². The Hall–Kier alpha value is -1.36. The molecule has 0 saturated heterocycles. The number of nitrogens with two attached hydrogens (primary N) is 1. The summed E-state index contributed by atoms with van der Waals surface area (Å²) in [6.07, 6.45) is 4.14. The van der Waals surface area contributed by atoms with Crippen molar-refractivity contribution in [1.29, 1.82) is 0 Å². The van der Waals surface area contributed by atoms with E-state index in [0.717, 1.165) is 5.56 Å². The number of aryl methyl sites for hydroxylation is 1. The lowest BCUT2D eigenvalue weighted by Gasteiger charge is -2.14. The Morgan fingerprint density at radius 3 is 2.82 bits per heavy atom. The predicted octanol–water partition coefficient (Wildman–Crippen LogP) is 0.681. The largest absolute Gasteiger partial charge is 0.354 e. The SMILES string of the molecule is Cc1cnn(CCNC(=O)CC(N)C(C)C)c1. The lowest BCUT2D eigenvalue weighted by Crippen LogP contribution is -2.36. The number of hydrogen-bond acceptors (Lipinski definition) is 3. The number of carbonyl (C=O) groups excluding carboxylic acids is 1. The van der Waals surface area contributed by atoms with E-state index in [1.54, 1.807) is 6.20 Å². The molecule has 5 nitrogen and oxygen atoms in total. The highest BCUT2D eigenvalue weighted by molar-refractivity contribution is 5.76. The molecule has 1 aromatic heterocycles. The van der Waals surface area contributed by atoms with Crippen LogP contribution in [0.1, 0.15) is 25.8 Å². The Morgan fingerprint density at radius 2 is 2.29 bits per heavy atom. The molecule has 0 saturated carbocycles. The second kappa shape index (κ2) is 6.39. The Labute approximate surface area is 102 Å². The molecule has 96 valence electrons. The number of hydrogen-bond donors (Lipinski definition) is 2. The first kappa shape index (κ1) is 13.7. The Balaban J connectivity index is 2.20. The summed E-state index contributed by atoms with van der Waals surface area (Å²) in [7, 11) is 0. The van der Waals surface area contributed by atoms with Crippen LogP contribution >= 0.6 is 0 Å². The summed E-state index contributed by atoms with van der Waals surface area (Å²) in [5.41, 5.74) is 6.95.